The van der Waals surface area contributed by atoms with Gasteiger partial charge in [0.15, 0.2) is 0 Å². The second-order valence-electron chi connectivity index (χ2n) is 6.05. The molecule has 0 aromatic rings. The zero-order valence-electron chi connectivity index (χ0n) is 11.3. The molecule has 0 unspecified atom stereocenters. The van der Waals surface area contributed by atoms with Gasteiger partial charge in [0, 0.05) is 30.9 Å². The molecule has 0 aliphatic carbocycles. The third-order valence-corrected chi connectivity index (χ3v) is 5.62. The molecule has 2 rings (SSSR count). The molecule has 2 saturated heterocycles. The van der Waals surface area contributed by atoms with Gasteiger partial charge in [-0.25, -0.2) is 0 Å². The molecule has 16 heavy (non-hydrogen) atoms. The van der Waals surface area contributed by atoms with Crippen LogP contribution in [0.4, 0.5) is 0 Å². The van der Waals surface area contributed by atoms with Gasteiger partial charge >= 0.3 is 0 Å². The number of nitrogens with zero attached hydrogens (tertiary/aromatic N) is 2. The van der Waals surface area contributed by atoms with E-state index in [2.05, 4.69) is 49.3 Å². The van der Waals surface area contributed by atoms with Gasteiger partial charge < -0.3 is 4.90 Å². The molecule has 3 heteroatoms. The summed E-state index contributed by atoms with van der Waals surface area (Å²) < 4.78 is 0. The Hall–Kier alpha value is 0.270. The van der Waals surface area contributed by atoms with E-state index in [1.54, 1.807) is 0 Å². The van der Waals surface area contributed by atoms with E-state index in [1.807, 2.05) is 0 Å². The summed E-state index contributed by atoms with van der Waals surface area (Å²) in [6.07, 6.45) is 2.70. The molecule has 0 N–H and O–H groups in total. The number of hydrogen-bond acceptors (Lipinski definition) is 3. The normalized spacial score (nSPS) is 27.8. The Labute approximate surface area is 105 Å². The molecule has 0 saturated carbocycles. The van der Waals surface area contributed by atoms with Crippen LogP contribution in [0.1, 0.15) is 40.5 Å². The molecule has 2 nitrogen and oxygen atoms in total. The summed E-state index contributed by atoms with van der Waals surface area (Å²) in [5, 5.41) is 0. The number of rotatable bonds is 1. The van der Waals surface area contributed by atoms with Gasteiger partial charge in [0.05, 0.1) is 4.87 Å². The highest BCUT2D eigenvalue weighted by Gasteiger charge is 2.47. The first-order valence-corrected chi connectivity index (χ1v) is 7.60. The number of likely N-dealkylation sites (tertiary alicyclic amines) is 1. The summed E-state index contributed by atoms with van der Waals surface area (Å²) in [7, 11) is 0. The Morgan fingerprint density at radius 3 is 2.25 bits per heavy atom. The largest absolute Gasteiger partial charge is 0.303 e. The summed E-state index contributed by atoms with van der Waals surface area (Å²) in [5.74, 6) is 1.32. The van der Waals surface area contributed by atoms with E-state index in [4.69, 9.17) is 0 Å². The molecule has 0 aromatic carbocycles. The van der Waals surface area contributed by atoms with E-state index >= 15 is 0 Å². The lowest BCUT2D eigenvalue weighted by Gasteiger charge is -2.49. The van der Waals surface area contributed by atoms with E-state index < -0.39 is 0 Å². The van der Waals surface area contributed by atoms with Crippen LogP contribution >= 0.6 is 11.8 Å². The lowest BCUT2D eigenvalue weighted by atomic mass is 9.96. The minimum Gasteiger partial charge on any atom is -0.303 e. The highest BCUT2D eigenvalue weighted by Crippen LogP contribution is 2.46. The van der Waals surface area contributed by atoms with Crippen molar-refractivity contribution in [3.8, 4) is 0 Å². The van der Waals surface area contributed by atoms with Crippen LogP contribution in [0, 0.1) is 0 Å². The molecule has 2 heterocycles. The maximum Gasteiger partial charge on any atom is 0.0699 e. The van der Waals surface area contributed by atoms with Crippen LogP contribution in [0.3, 0.4) is 0 Å². The van der Waals surface area contributed by atoms with Crippen molar-refractivity contribution in [2.75, 3.05) is 31.9 Å². The highest BCUT2D eigenvalue weighted by molar-refractivity contribution is 8.00. The highest BCUT2D eigenvalue weighted by atomic mass is 32.2. The Morgan fingerprint density at radius 1 is 1.12 bits per heavy atom. The molecule has 1 spiro atoms. The fourth-order valence-corrected chi connectivity index (χ4v) is 4.83. The van der Waals surface area contributed by atoms with E-state index in [0.29, 0.717) is 10.4 Å². The minimum atomic E-state index is 0.331. The topological polar surface area (TPSA) is 6.48 Å². The van der Waals surface area contributed by atoms with Crippen LogP contribution in [0.25, 0.3) is 0 Å². The molecule has 0 radical (unpaired) electrons. The minimum absolute atomic E-state index is 0.331. The van der Waals surface area contributed by atoms with Gasteiger partial charge in [-0.15, -0.1) is 11.8 Å². The van der Waals surface area contributed by atoms with Crippen molar-refractivity contribution in [1.29, 1.82) is 0 Å². The lowest BCUT2D eigenvalue weighted by molar-refractivity contribution is 0.0355. The van der Waals surface area contributed by atoms with E-state index in [1.165, 1.54) is 44.8 Å². The Bertz CT molecular complexity index is 239. The zero-order valence-corrected chi connectivity index (χ0v) is 12.1. The third-order valence-electron chi connectivity index (χ3n) is 4.07. The van der Waals surface area contributed by atoms with Crippen LogP contribution in [0.15, 0.2) is 0 Å². The first-order chi connectivity index (χ1) is 7.48. The maximum absolute atomic E-state index is 2.76. The van der Waals surface area contributed by atoms with E-state index in [0.717, 1.165) is 0 Å². The molecule has 2 aliphatic rings. The van der Waals surface area contributed by atoms with Crippen molar-refractivity contribution in [3.05, 3.63) is 0 Å². The molecule has 2 aliphatic heterocycles. The fourth-order valence-electron chi connectivity index (χ4n) is 3.19. The second kappa shape index (κ2) is 4.51. The van der Waals surface area contributed by atoms with E-state index in [-0.39, 0.29) is 0 Å². The van der Waals surface area contributed by atoms with Gasteiger partial charge in [-0.3, -0.25) is 4.90 Å². The van der Waals surface area contributed by atoms with Gasteiger partial charge in [0.1, 0.15) is 0 Å². The van der Waals surface area contributed by atoms with Gasteiger partial charge in [-0.2, -0.15) is 0 Å². The van der Waals surface area contributed by atoms with Crippen molar-refractivity contribution < 1.29 is 0 Å². The van der Waals surface area contributed by atoms with Crippen LogP contribution in [-0.4, -0.2) is 52.1 Å². The quantitative estimate of drug-likeness (QED) is 0.698. The predicted molar refractivity (Wildman–Crippen MR) is 73.0 cm³/mol. The SMILES string of the molecule is CCN1CCC2(CC1)SCCN2C(C)(C)C. The van der Waals surface area contributed by atoms with Crippen molar-refractivity contribution in [2.45, 2.75) is 50.9 Å². The number of hydrogen-bond donors (Lipinski definition) is 0. The Balaban J connectivity index is 2.07. The third kappa shape index (κ3) is 2.27. The van der Waals surface area contributed by atoms with Gasteiger partial charge in [-0.1, -0.05) is 6.92 Å². The Kier molecular flexibility index (Phi) is 3.58. The standard InChI is InChI=1S/C13H26N2S/c1-5-14-8-6-13(7-9-14)15(10-11-16-13)12(2,3)4/h5-11H2,1-4H3. The van der Waals surface area contributed by atoms with Crippen molar-refractivity contribution in [2.24, 2.45) is 0 Å². The average molecular weight is 242 g/mol. The first-order valence-electron chi connectivity index (χ1n) is 6.62. The van der Waals surface area contributed by atoms with Gasteiger partial charge in [0.25, 0.3) is 0 Å². The van der Waals surface area contributed by atoms with Gasteiger partial charge in [0.2, 0.25) is 0 Å². The molecule has 0 bridgehead atoms. The summed E-state index contributed by atoms with van der Waals surface area (Å²) in [5.41, 5.74) is 0.331. The van der Waals surface area contributed by atoms with Crippen molar-refractivity contribution in [3.63, 3.8) is 0 Å². The summed E-state index contributed by atoms with van der Waals surface area (Å²) in [6.45, 7) is 14.5. The van der Waals surface area contributed by atoms with Gasteiger partial charge in [-0.05, 0) is 40.2 Å². The lowest BCUT2D eigenvalue weighted by Crippen LogP contribution is -2.56. The monoisotopic (exact) mass is 242 g/mol. The molecular weight excluding hydrogens is 216 g/mol. The Morgan fingerprint density at radius 2 is 1.75 bits per heavy atom. The summed E-state index contributed by atoms with van der Waals surface area (Å²) in [4.78, 5) is 5.81. The van der Waals surface area contributed by atoms with Crippen LogP contribution in [-0.2, 0) is 0 Å². The predicted octanol–water partition coefficient (Wildman–Crippen LogP) is 2.65. The molecule has 0 atom stereocenters. The average Bonchev–Trinajstić information content (AvgIpc) is 2.63. The van der Waals surface area contributed by atoms with Crippen LogP contribution in [0.2, 0.25) is 0 Å². The first kappa shape index (κ1) is 12.7. The number of piperidine rings is 1. The molecule has 94 valence electrons. The molecular formula is C13H26N2S. The van der Waals surface area contributed by atoms with Crippen LogP contribution < -0.4 is 0 Å². The smallest absolute Gasteiger partial charge is 0.0699 e. The zero-order chi connectivity index (χ0) is 11.8. The maximum atomic E-state index is 2.76. The second-order valence-corrected chi connectivity index (χ2v) is 7.51. The molecule has 0 aromatic heterocycles. The van der Waals surface area contributed by atoms with Crippen molar-refractivity contribution in [1.82, 2.24) is 9.80 Å². The van der Waals surface area contributed by atoms with E-state index in [9.17, 15) is 0 Å². The summed E-state index contributed by atoms with van der Waals surface area (Å²) >= 11 is 2.21. The number of thioether (sulfide) groups is 1. The van der Waals surface area contributed by atoms with Crippen LogP contribution in [0.5, 0.6) is 0 Å². The fraction of sp³-hybridized carbons (Fsp3) is 1.00. The molecule has 0 amide bonds. The summed E-state index contributed by atoms with van der Waals surface area (Å²) in [6, 6.07) is 0. The van der Waals surface area contributed by atoms with Crippen molar-refractivity contribution >= 4 is 11.8 Å². The molecule has 2 fully saturated rings.